The summed E-state index contributed by atoms with van der Waals surface area (Å²) in [6, 6.07) is 3.31. The van der Waals surface area contributed by atoms with Gasteiger partial charge in [-0.2, -0.15) is 0 Å². The molecule has 1 saturated heterocycles. The van der Waals surface area contributed by atoms with Crippen molar-refractivity contribution in [3.05, 3.63) is 34.4 Å². The molecule has 1 aliphatic heterocycles. The molecule has 4 N–H and O–H groups in total. The number of nitrogens with two attached hydrogens (primary N) is 1. The van der Waals surface area contributed by atoms with Gasteiger partial charge >= 0.3 is 0 Å². The summed E-state index contributed by atoms with van der Waals surface area (Å²) in [6.07, 6.45) is 1.83. The first-order valence-electron chi connectivity index (χ1n) is 10.1. The summed E-state index contributed by atoms with van der Waals surface area (Å²) >= 11 is 0. The summed E-state index contributed by atoms with van der Waals surface area (Å²) in [4.78, 5) is 49.8. The van der Waals surface area contributed by atoms with E-state index in [-0.39, 0.29) is 23.4 Å². The number of nitrogens with one attached hydrogen (secondary N) is 2. The second kappa shape index (κ2) is 10.1. The van der Waals surface area contributed by atoms with Crippen LogP contribution in [0.3, 0.4) is 0 Å². The van der Waals surface area contributed by atoms with Crippen LogP contribution < -0.4 is 16.4 Å². The fraction of sp³-hybridized carbons (Fsp3) is 0.550. The van der Waals surface area contributed by atoms with E-state index in [0.29, 0.717) is 31.5 Å². The number of nitro groups is 1. The Morgan fingerprint density at radius 2 is 1.90 bits per heavy atom. The number of carbonyl (C=O) groups is 3. The number of likely N-dealkylation sites (tertiary alicyclic amines) is 1. The van der Waals surface area contributed by atoms with Crippen LogP contribution >= 0.6 is 0 Å². The van der Waals surface area contributed by atoms with Gasteiger partial charge in [0.05, 0.1) is 11.0 Å². The van der Waals surface area contributed by atoms with Crippen LogP contribution in [0.5, 0.6) is 0 Å². The van der Waals surface area contributed by atoms with E-state index in [1.54, 1.807) is 6.92 Å². The second-order valence-corrected chi connectivity index (χ2v) is 7.64. The molecule has 0 bridgehead atoms. The molecule has 10 nitrogen and oxygen atoms in total. The second-order valence-electron chi connectivity index (χ2n) is 7.64. The molecule has 0 aromatic heterocycles. The van der Waals surface area contributed by atoms with Crippen molar-refractivity contribution >= 4 is 29.1 Å². The maximum Gasteiger partial charge on any atom is 0.269 e. The molecule has 30 heavy (non-hydrogen) atoms. The summed E-state index contributed by atoms with van der Waals surface area (Å²) in [7, 11) is 0. The van der Waals surface area contributed by atoms with Gasteiger partial charge in [-0.1, -0.05) is 20.3 Å². The van der Waals surface area contributed by atoms with Gasteiger partial charge in [-0.25, -0.2) is 0 Å². The zero-order valence-electron chi connectivity index (χ0n) is 17.5. The van der Waals surface area contributed by atoms with Crippen LogP contribution in [0.2, 0.25) is 0 Å². The van der Waals surface area contributed by atoms with Gasteiger partial charge in [-0.3, -0.25) is 24.5 Å². The van der Waals surface area contributed by atoms with Crippen LogP contribution in [0.25, 0.3) is 0 Å². The number of nitro benzene ring substituents is 1. The third-order valence-corrected chi connectivity index (χ3v) is 5.37. The fourth-order valence-electron chi connectivity index (χ4n) is 3.34. The molecule has 1 heterocycles. The molecule has 10 heteroatoms. The minimum absolute atomic E-state index is 0.0769. The van der Waals surface area contributed by atoms with Gasteiger partial charge in [0.1, 0.15) is 12.1 Å². The van der Waals surface area contributed by atoms with Gasteiger partial charge < -0.3 is 21.3 Å². The Labute approximate surface area is 175 Å². The summed E-state index contributed by atoms with van der Waals surface area (Å²) in [6.45, 7) is 5.75. The van der Waals surface area contributed by atoms with Gasteiger partial charge in [0.2, 0.25) is 17.7 Å². The van der Waals surface area contributed by atoms with E-state index in [2.05, 4.69) is 10.6 Å². The van der Waals surface area contributed by atoms with Crippen molar-refractivity contribution in [3.8, 4) is 0 Å². The lowest BCUT2D eigenvalue weighted by atomic mass is 9.97. The highest BCUT2D eigenvalue weighted by Crippen LogP contribution is 2.23. The highest BCUT2D eigenvalue weighted by atomic mass is 16.6. The van der Waals surface area contributed by atoms with Crippen molar-refractivity contribution in [1.82, 2.24) is 10.2 Å². The quantitative estimate of drug-likeness (QED) is 0.428. The van der Waals surface area contributed by atoms with Crippen LogP contribution in [-0.2, 0) is 14.4 Å². The SMILES string of the molecule is CC[C@H](C)[C@H](NC(=O)[C@H](C)N)C(=O)N1CCC[C@H]1C(=O)Nc1ccc([N+](=O)[O-])cc1. The van der Waals surface area contributed by atoms with Gasteiger partial charge in [-0.05, 0) is 37.8 Å². The average Bonchev–Trinajstić information content (AvgIpc) is 3.21. The average molecular weight is 419 g/mol. The summed E-state index contributed by atoms with van der Waals surface area (Å²) in [5.41, 5.74) is 5.96. The zero-order valence-corrected chi connectivity index (χ0v) is 17.5. The van der Waals surface area contributed by atoms with E-state index in [9.17, 15) is 24.5 Å². The molecular weight excluding hydrogens is 390 g/mol. The van der Waals surface area contributed by atoms with Crippen molar-refractivity contribution < 1.29 is 19.3 Å². The first-order valence-corrected chi connectivity index (χ1v) is 10.1. The Hall–Kier alpha value is -3.01. The predicted octanol–water partition coefficient (Wildman–Crippen LogP) is 1.40. The van der Waals surface area contributed by atoms with Crippen LogP contribution in [-0.4, -0.2) is 52.2 Å². The number of carbonyl (C=O) groups excluding carboxylic acids is 3. The smallest absolute Gasteiger partial charge is 0.269 e. The van der Waals surface area contributed by atoms with Crippen molar-refractivity contribution in [3.63, 3.8) is 0 Å². The van der Waals surface area contributed by atoms with Crippen molar-refractivity contribution in [1.29, 1.82) is 0 Å². The van der Waals surface area contributed by atoms with Crippen LogP contribution in [0, 0.1) is 16.0 Å². The molecule has 0 spiro atoms. The third-order valence-electron chi connectivity index (χ3n) is 5.37. The first kappa shape index (κ1) is 23.3. The molecule has 1 aromatic carbocycles. The Morgan fingerprint density at radius 1 is 1.27 bits per heavy atom. The number of rotatable bonds is 8. The maximum absolute atomic E-state index is 13.2. The van der Waals surface area contributed by atoms with Gasteiger partial charge in [-0.15, -0.1) is 0 Å². The van der Waals surface area contributed by atoms with E-state index in [4.69, 9.17) is 5.73 Å². The number of hydrogen-bond acceptors (Lipinski definition) is 6. The minimum Gasteiger partial charge on any atom is -0.343 e. The highest BCUT2D eigenvalue weighted by molar-refractivity contribution is 5.99. The Bertz CT molecular complexity index is 795. The Morgan fingerprint density at radius 3 is 2.43 bits per heavy atom. The molecule has 164 valence electrons. The Balaban J connectivity index is 2.13. The van der Waals surface area contributed by atoms with Crippen molar-refractivity contribution in [2.45, 2.75) is 58.2 Å². The predicted molar refractivity (Wildman–Crippen MR) is 111 cm³/mol. The lowest BCUT2D eigenvalue weighted by Gasteiger charge is -2.31. The molecule has 0 unspecified atom stereocenters. The molecule has 2 rings (SSSR count). The molecule has 1 fully saturated rings. The number of nitrogens with zero attached hydrogens (tertiary/aromatic N) is 2. The molecule has 3 amide bonds. The number of anilines is 1. The van der Waals surface area contributed by atoms with E-state index >= 15 is 0 Å². The van der Waals surface area contributed by atoms with Crippen LogP contribution in [0.1, 0.15) is 40.0 Å². The number of benzene rings is 1. The van der Waals surface area contributed by atoms with Crippen molar-refractivity contribution in [2.75, 3.05) is 11.9 Å². The zero-order chi connectivity index (χ0) is 22.4. The normalized spacial score (nSPS) is 18.9. The molecule has 1 aromatic rings. The molecule has 0 aliphatic carbocycles. The topological polar surface area (TPSA) is 148 Å². The largest absolute Gasteiger partial charge is 0.343 e. The number of non-ortho nitro benzene ring substituents is 1. The van der Waals surface area contributed by atoms with E-state index in [1.165, 1.54) is 29.2 Å². The molecule has 4 atom stereocenters. The molecule has 0 saturated carbocycles. The summed E-state index contributed by atoms with van der Waals surface area (Å²) in [5.74, 6) is -1.21. The van der Waals surface area contributed by atoms with Gasteiger partial charge in [0.25, 0.3) is 5.69 Å². The first-order chi connectivity index (χ1) is 14.1. The van der Waals surface area contributed by atoms with E-state index in [1.807, 2.05) is 13.8 Å². The standard InChI is InChI=1S/C20H29N5O5/c1-4-12(2)17(23-18(26)13(3)21)20(28)24-11-5-6-16(24)19(27)22-14-7-9-15(10-8-14)25(29)30/h7-10,12-13,16-17H,4-6,11,21H2,1-3H3,(H,22,27)(H,23,26)/t12-,13-,16-,17-/m0/s1. The van der Waals surface area contributed by atoms with E-state index in [0.717, 1.165) is 0 Å². The summed E-state index contributed by atoms with van der Waals surface area (Å²) in [5, 5.41) is 16.2. The summed E-state index contributed by atoms with van der Waals surface area (Å²) < 4.78 is 0. The molecule has 0 radical (unpaired) electrons. The monoisotopic (exact) mass is 419 g/mol. The van der Waals surface area contributed by atoms with Crippen LogP contribution in [0.15, 0.2) is 24.3 Å². The lowest BCUT2D eigenvalue weighted by Crippen LogP contribution is -2.56. The Kier molecular flexibility index (Phi) is 7.87. The maximum atomic E-state index is 13.2. The fourth-order valence-corrected chi connectivity index (χ4v) is 3.34. The highest BCUT2D eigenvalue weighted by Gasteiger charge is 2.39. The third kappa shape index (κ3) is 5.53. The van der Waals surface area contributed by atoms with Crippen LogP contribution in [0.4, 0.5) is 11.4 Å². The molecule has 1 aliphatic rings. The van der Waals surface area contributed by atoms with E-state index < -0.39 is 29.0 Å². The minimum atomic E-state index is -0.763. The lowest BCUT2D eigenvalue weighted by molar-refractivity contribution is -0.384. The van der Waals surface area contributed by atoms with Gasteiger partial charge in [0.15, 0.2) is 0 Å². The molecular formula is C20H29N5O5. The number of hydrogen-bond donors (Lipinski definition) is 3. The van der Waals surface area contributed by atoms with Gasteiger partial charge in [0, 0.05) is 24.4 Å². The van der Waals surface area contributed by atoms with Crippen molar-refractivity contribution in [2.24, 2.45) is 11.7 Å². The number of amides is 3.